The van der Waals surface area contributed by atoms with Gasteiger partial charge in [-0.1, -0.05) is 23.7 Å². The molecule has 0 aliphatic heterocycles. The van der Waals surface area contributed by atoms with Gasteiger partial charge in [-0.15, -0.1) is 0 Å². The molecule has 2 aromatic rings. The van der Waals surface area contributed by atoms with Gasteiger partial charge in [0.05, 0.1) is 0 Å². The Morgan fingerprint density at radius 3 is 2.16 bits per heavy atom. The van der Waals surface area contributed by atoms with E-state index in [9.17, 15) is 14.4 Å². The van der Waals surface area contributed by atoms with Crippen molar-refractivity contribution in [3.05, 3.63) is 47.8 Å². The van der Waals surface area contributed by atoms with Crippen molar-refractivity contribution in [3.63, 3.8) is 0 Å². The van der Waals surface area contributed by atoms with Gasteiger partial charge in [0.15, 0.2) is 5.56 Å². The highest BCUT2D eigenvalue weighted by Gasteiger charge is 2.23. The van der Waals surface area contributed by atoms with Crippen LogP contribution in [0, 0.1) is 0 Å². The number of rotatable bonds is 9. The van der Waals surface area contributed by atoms with Crippen LogP contribution < -0.4 is 9.80 Å². The van der Waals surface area contributed by atoms with E-state index in [2.05, 4.69) is 9.97 Å². The molecule has 2 rings (SSSR count). The molecule has 1 atom stereocenters. The van der Waals surface area contributed by atoms with E-state index < -0.39 is 29.3 Å². The Labute approximate surface area is 222 Å². The summed E-state index contributed by atoms with van der Waals surface area (Å²) in [6.07, 6.45) is 1.95. The third kappa shape index (κ3) is 9.41. The Kier molecular flexibility index (Phi) is 10.5. The average Bonchev–Trinajstić information content (AvgIpc) is 2.81. The number of anilines is 2. The van der Waals surface area contributed by atoms with E-state index in [1.807, 2.05) is 18.0 Å². The predicted molar refractivity (Wildman–Crippen MR) is 139 cm³/mol. The van der Waals surface area contributed by atoms with E-state index in [1.54, 1.807) is 65.3 Å². The summed E-state index contributed by atoms with van der Waals surface area (Å²) >= 11 is 5.78. The summed E-state index contributed by atoms with van der Waals surface area (Å²) in [6.45, 7) is 6.82. The molecule has 0 fully saturated rings. The van der Waals surface area contributed by atoms with Gasteiger partial charge in [-0.3, -0.25) is 9.69 Å². The number of halogens is 1. The van der Waals surface area contributed by atoms with Crippen molar-refractivity contribution >= 4 is 41.4 Å². The van der Waals surface area contributed by atoms with E-state index in [0.717, 1.165) is 10.5 Å². The number of nitrogens with zero attached hydrogens (tertiary/aromatic N) is 5. The van der Waals surface area contributed by atoms with E-state index in [0.29, 0.717) is 23.7 Å². The first-order chi connectivity index (χ1) is 17.3. The highest BCUT2D eigenvalue weighted by Crippen LogP contribution is 2.23. The lowest BCUT2D eigenvalue weighted by Gasteiger charge is -2.25. The molecular weight excluding hydrogens is 502 g/mol. The minimum atomic E-state index is -0.785. The summed E-state index contributed by atoms with van der Waals surface area (Å²) in [5, 5.41) is 0. The van der Waals surface area contributed by atoms with Gasteiger partial charge < -0.3 is 24.0 Å². The number of alkyl halides is 1. The van der Waals surface area contributed by atoms with Crippen LogP contribution in [0.2, 0.25) is 0 Å². The number of hydrogen-bond donors (Lipinski definition) is 0. The van der Waals surface area contributed by atoms with E-state index in [-0.39, 0.29) is 13.2 Å². The van der Waals surface area contributed by atoms with Crippen molar-refractivity contribution in [2.24, 2.45) is 0 Å². The Balaban J connectivity index is 2.08. The molecule has 2 amide bonds. The van der Waals surface area contributed by atoms with Gasteiger partial charge in [0.1, 0.15) is 30.4 Å². The number of carbonyl (C=O) groups excluding carboxylic acids is 3. The Hall–Kier alpha value is -3.60. The summed E-state index contributed by atoms with van der Waals surface area (Å²) in [5.41, 5.74) is -0.0600. The molecule has 11 nitrogen and oxygen atoms in total. The maximum absolute atomic E-state index is 12.4. The number of pyridine rings is 2. The molecular formula is C25H34ClN5O6. The second-order valence-corrected chi connectivity index (χ2v) is 9.93. The molecule has 0 aliphatic rings. The van der Waals surface area contributed by atoms with Crippen molar-refractivity contribution in [3.8, 4) is 0 Å². The maximum Gasteiger partial charge on any atom is 0.416 e. The fourth-order valence-corrected chi connectivity index (χ4v) is 3.26. The summed E-state index contributed by atoms with van der Waals surface area (Å²) in [4.78, 5) is 49.8. The first kappa shape index (κ1) is 29.6. The zero-order valence-corrected chi connectivity index (χ0v) is 23.0. The molecule has 0 saturated carbocycles. The second-order valence-electron chi connectivity index (χ2n) is 9.31. The molecule has 0 spiro atoms. The number of ether oxygens (including phenoxy) is 3. The summed E-state index contributed by atoms with van der Waals surface area (Å²) in [5.74, 6) is 0.394. The van der Waals surface area contributed by atoms with Crippen LogP contribution in [0.25, 0.3) is 0 Å². The SMILES string of the molecule is CC(Cl)OC(=O)N(C)c1ncccc1CN(C)c1ncccc1COC(=O)CN(C)C(=O)OC(C)(C)C. The largest absolute Gasteiger partial charge is 0.459 e. The third-order valence-corrected chi connectivity index (χ3v) is 4.91. The molecule has 0 aromatic carbocycles. The van der Waals surface area contributed by atoms with E-state index in [1.165, 1.54) is 11.9 Å². The summed E-state index contributed by atoms with van der Waals surface area (Å²) < 4.78 is 15.7. The molecule has 12 heteroatoms. The minimum Gasteiger partial charge on any atom is -0.459 e. The van der Waals surface area contributed by atoms with Gasteiger partial charge in [0.25, 0.3) is 0 Å². The molecule has 2 aromatic heterocycles. The van der Waals surface area contributed by atoms with Gasteiger partial charge in [-0.05, 0) is 39.8 Å². The normalized spacial score (nSPS) is 11.8. The van der Waals surface area contributed by atoms with Crippen molar-refractivity contribution in [2.45, 2.75) is 52.0 Å². The molecule has 1 unspecified atom stereocenters. The molecule has 0 aliphatic carbocycles. The predicted octanol–water partition coefficient (Wildman–Crippen LogP) is 4.18. The van der Waals surface area contributed by atoms with Crippen LogP contribution in [0.5, 0.6) is 0 Å². The molecule has 0 saturated heterocycles. The lowest BCUT2D eigenvalue weighted by molar-refractivity contribution is -0.145. The molecule has 0 radical (unpaired) electrons. The maximum atomic E-state index is 12.4. The number of hydrogen-bond acceptors (Lipinski definition) is 9. The fraction of sp³-hybridized carbons (Fsp3) is 0.480. The molecule has 202 valence electrons. The standard InChI is InChI=1S/C25H34ClN5O6/c1-17(26)36-24(34)31(7)22-18(10-8-13-28-22)14-29(5)21-19(11-9-12-27-21)16-35-20(32)15-30(6)23(33)37-25(2,3)4/h8-13,17H,14-16H2,1-7H3. The number of amides is 2. The summed E-state index contributed by atoms with van der Waals surface area (Å²) in [7, 11) is 4.83. The quantitative estimate of drug-likeness (QED) is 0.265. The van der Waals surface area contributed by atoms with Crippen molar-refractivity contribution in [2.75, 3.05) is 37.5 Å². The Morgan fingerprint density at radius 2 is 1.57 bits per heavy atom. The number of aromatic nitrogens is 2. The first-order valence-corrected chi connectivity index (χ1v) is 12.0. The topological polar surface area (TPSA) is 114 Å². The van der Waals surface area contributed by atoms with Crippen LogP contribution in [-0.2, 0) is 32.2 Å². The first-order valence-electron chi connectivity index (χ1n) is 11.6. The molecule has 0 N–H and O–H groups in total. The van der Waals surface area contributed by atoms with Crippen LogP contribution in [-0.4, -0.2) is 71.9 Å². The number of esters is 1. The monoisotopic (exact) mass is 535 g/mol. The van der Waals surface area contributed by atoms with E-state index in [4.69, 9.17) is 25.8 Å². The molecule has 2 heterocycles. The smallest absolute Gasteiger partial charge is 0.416 e. The average molecular weight is 536 g/mol. The van der Waals surface area contributed by atoms with Crippen molar-refractivity contribution < 1.29 is 28.6 Å². The van der Waals surface area contributed by atoms with Crippen LogP contribution in [0.4, 0.5) is 21.2 Å². The van der Waals surface area contributed by atoms with Gasteiger partial charge in [-0.25, -0.2) is 19.6 Å². The fourth-order valence-electron chi connectivity index (χ4n) is 3.18. The third-order valence-electron chi connectivity index (χ3n) is 4.82. The van der Waals surface area contributed by atoms with Gasteiger partial charge in [0.2, 0.25) is 0 Å². The lowest BCUT2D eigenvalue weighted by atomic mass is 10.2. The molecule has 0 bridgehead atoms. The zero-order chi connectivity index (χ0) is 27.8. The highest BCUT2D eigenvalue weighted by molar-refractivity contribution is 6.20. The highest BCUT2D eigenvalue weighted by atomic mass is 35.5. The van der Waals surface area contributed by atoms with E-state index >= 15 is 0 Å². The van der Waals surface area contributed by atoms with Crippen LogP contribution in [0.15, 0.2) is 36.7 Å². The van der Waals surface area contributed by atoms with Crippen LogP contribution >= 0.6 is 11.6 Å². The summed E-state index contributed by atoms with van der Waals surface area (Å²) in [6, 6.07) is 7.12. The number of carbonyl (C=O) groups is 3. The number of likely N-dealkylation sites (N-methyl/N-ethyl adjacent to an activating group) is 1. The molecule has 37 heavy (non-hydrogen) atoms. The van der Waals surface area contributed by atoms with Gasteiger partial charge >= 0.3 is 18.2 Å². The Bertz CT molecular complexity index is 1090. The minimum absolute atomic E-state index is 0.0474. The van der Waals surface area contributed by atoms with Crippen LogP contribution in [0.1, 0.15) is 38.8 Å². The zero-order valence-electron chi connectivity index (χ0n) is 22.2. The Morgan fingerprint density at radius 1 is 0.973 bits per heavy atom. The van der Waals surface area contributed by atoms with Crippen molar-refractivity contribution in [1.82, 2.24) is 14.9 Å². The van der Waals surface area contributed by atoms with Crippen LogP contribution in [0.3, 0.4) is 0 Å². The van der Waals surface area contributed by atoms with Crippen molar-refractivity contribution in [1.29, 1.82) is 0 Å². The van der Waals surface area contributed by atoms with Gasteiger partial charge in [-0.2, -0.15) is 0 Å². The second kappa shape index (κ2) is 13.1. The van der Waals surface area contributed by atoms with Gasteiger partial charge in [0, 0.05) is 51.2 Å². The lowest BCUT2D eigenvalue weighted by Crippen LogP contribution is -2.37.